The van der Waals surface area contributed by atoms with Gasteiger partial charge in [0.25, 0.3) is 0 Å². The highest BCUT2D eigenvalue weighted by molar-refractivity contribution is 5.25. The van der Waals surface area contributed by atoms with Gasteiger partial charge in [-0.1, -0.05) is 6.92 Å². The van der Waals surface area contributed by atoms with Crippen LogP contribution in [0.4, 0.5) is 0 Å². The Morgan fingerprint density at radius 3 is 2.38 bits per heavy atom. The van der Waals surface area contributed by atoms with E-state index < -0.39 is 0 Å². The minimum Gasteiger partial charge on any atom is -0.497 e. The molecule has 0 bridgehead atoms. The van der Waals surface area contributed by atoms with Gasteiger partial charge in [-0.2, -0.15) is 0 Å². The quantitative estimate of drug-likeness (QED) is 0.461. The summed E-state index contributed by atoms with van der Waals surface area (Å²) in [5, 5.41) is 0. The van der Waals surface area contributed by atoms with E-state index in [0.29, 0.717) is 0 Å². The summed E-state index contributed by atoms with van der Waals surface area (Å²) in [4.78, 5) is 0. The Labute approximate surface area is 49.3 Å². The first-order valence-electron chi connectivity index (χ1n) is 3.22. The summed E-state index contributed by atoms with van der Waals surface area (Å²) in [5.41, 5.74) is 1.57. The van der Waals surface area contributed by atoms with Crippen LogP contribution in [-0.4, -0.2) is 6.61 Å². The van der Waals surface area contributed by atoms with Gasteiger partial charge in [0.05, 0.1) is 6.61 Å². The van der Waals surface area contributed by atoms with Crippen LogP contribution < -0.4 is 0 Å². The zero-order valence-corrected chi connectivity index (χ0v) is 5.11. The third kappa shape index (κ3) is 0.473. The lowest BCUT2D eigenvalue weighted by atomic mass is 10.1. The summed E-state index contributed by atoms with van der Waals surface area (Å²) in [6.45, 7) is 3.18. The molecule has 1 saturated heterocycles. The summed E-state index contributed by atoms with van der Waals surface area (Å²) >= 11 is 0. The molecule has 2 rings (SSSR count). The SMILES string of the molecule is CC1COC1=C1CC1. The fraction of sp³-hybridized carbons (Fsp3) is 0.714. The molecule has 2 fully saturated rings. The standard InChI is InChI=1S/C7H10O/c1-5-4-8-7(5)6-2-3-6/h5H,2-4H2,1H3. The Balaban J connectivity index is 2.16. The molecule has 1 aliphatic heterocycles. The van der Waals surface area contributed by atoms with Crippen molar-refractivity contribution in [2.45, 2.75) is 19.8 Å². The largest absolute Gasteiger partial charge is 0.497 e. The average Bonchev–Trinajstić information content (AvgIpc) is 2.46. The van der Waals surface area contributed by atoms with Crippen LogP contribution in [0.25, 0.3) is 0 Å². The zero-order chi connectivity index (χ0) is 5.56. The third-order valence-corrected chi connectivity index (χ3v) is 1.78. The number of ether oxygens (including phenoxy) is 1. The number of hydrogen-bond donors (Lipinski definition) is 0. The molecule has 2 aliphatic rings. The van der Waals surface area contributed by atoms with Gasteiger partial charge < -0.3 is 4.74 Å². The van der Waals surface area contributed by atoms with E-state index >= 15 is 0 Å². The van der Waals surface area contributed by atoms with Crippen LogP contribution in [0.2, 0.25) is 0 Å². The second-order valence-electron chi connectivity index (χ2n) is 2.68. The minimum absolute atomic E-state index is 0.743. The highest BCUT2D eigenvalue weighted by Crippen LogP contribution is 2.39. The first kappa shape index (κ1) is 4.42. The van der Waals surface area contributed by atoms with Gasteiger partial charge in [-0.15, -0.1) is 0 Å². The maximum absolute atomic E-state index is 5.25. The minimum atomic E-state index is 0.743. The molecule has 0 spiro atoms. The molecule has 1 heterocycles. The van der Waals surface area contributed by atoms with Crippen LogP contribution in [-0.2, 0) is 4.74 Å². The van der Waals surface area contributed by atoms with Crippen molar-refractivity contribution in [3.63, 3.8) is 0 Å². The van der Waals surface area contributed by atoms with Crippen molar-refractivity contribution < 1.29 is 4.74 Å². The molecular formula is C7H10O. The van der Waals surface area contributed by atoms with Crippen molar-refractivity contribution in [1.82, 2.24) is 0 Å². The Morgan fingerprint density at radius 2 is 2.25 bits per heavy atom. The van der Waals surface area contributed by atoms with Crippen molar-refractivity contribution in [3.8, 4) is 0 Å². The van der Waals surface area contributed by atoms with Gasteiger partial charge in [-0.3, -0.25) is 0 Å². The van der Waals surface area contributed by atoms with Gasteiger partial charge in [0.2, 0.25) is 0 Å². The first-order chi connectivity index (χ1) is 3.88. The predicted molar refractivity (Wildman–Crippen MR) is 31.4 cm³/mol. The number of hydrogen-bond acceptors (Lipinski definition) is 1. The lowest BCUT2D eigenvalue weighted by molar-refractivity contribution is 0.0574. The van der Waals surface area contributed by atoms with E-state index in [1.807, 2.05) is 0 Å². The molecule has 0 aromatic carbocycles. The maximum atomic E-state index is 5.25. The molecule has 1 atom stereocenters. The lowest BCUT2D eigenvalue weighted by Gasteiger charge is -2.27. The lowest BCUT2D eigenvalue weighted by Crippen LogP contribution is -2.21. The fourth-order valence-corrected chi connectivity index (χ4v) is 1.09. The van der Waals surface area contributed by atoms with Gasteiger partial charge in [-0.25, -0.2) is 0 Å². The van der Waals surface area contributed by atoms with Crippen LogP contribution >= 0.6 is 0 Å². The third-order valence-electron chi connectivity index (χ3n) is 1.78. The van der Waals surface area contributed by atoms with Crippen LogP contribution in [0.3, 0.4) is 0 Å². The highest BCUT2D eigenvalue weighted by Gasteiger charge is 2.29. The van der Waals surface area contributed by atoms with Gasteiger partial charge in [0.15, 0.2) is 0 Å². The molecule has 0 radical (unpaired) electrons. The first-order valence-corrected chi connectivity index (χ1v) is 3.22. The molecule has 1 saturated carbocycles. The van der Waals surface area contributed by atoms with E-state index in [1.165, 1.54) is 18.6 Å². The van der Waals surface area contributed by atoms with Crippen LogP contribution in [0.15, 0.2) is 11.3 Å². The Kier molecular flexibility index (Phi) is 0.706. The molecule has 1 nitrogen and oxygen atoms in total. The monoisotopic (exact) mass is 110 g/mol. The van der Waals surface area contributed by atoms with E-state index in [4.69, 9.17) is 4.74 Å². The summed E-state index contributed by atoms with van der Waals surface area (Å²) < 4.78 is 5.25. The van der Waals surface area contributed by atoms with Crippen LogP contribution in [0.5, 0.6) is 0 Å². The van der Waals surface area contributed by atoms with Gasteiger partial charge in [0, 0.05) is 5.92 Å². The molecular weight excluding hydrogens is 100 g/mol. The van der Waals surface area contributed by atoms with Crippen molar-refractivity contribution in [1.29, 1.82) is 0 Å². The molecule has 0 aromatic heterocycles. The van der Waals surface area contributed by atoms with E-state index in [2.05, 4.69) is 6.92 Å². The Bertz CT molecular complexity index is 140. The van der Waals surface area contributed by atoms with E-state index in [0.717, 1.165) is 12.5 Å². The van der Waals surface area contributed by atoms with Crippen molar-refractivity contribution in [3.05, 3.63) is 11.3 Å². The highest BCUT2D eigenvalue weighted by atomic mass is 16.5. The van der Waals surface area contributed by atoms with Crippen LogP contribution in [0.1, 0.15) is 19.8 Å². The molecule has 0 N–H and O–H groups in total. The molecule has 44 valence electrons. The summed E-state index contributed by atoms with van der Waals surface area (Å²) in [6, 6.07) is 0. The second-order valence-corrected chi connectivity index (χ2v) is 2.68. The maximum Gasteiger partial charge on any atom is 0.101 e. The van der Waals surface area contributed by atoms with Crippen LogP contribution in [0, 0.1) is 5.92 Å². The van der Waals surface area contributed by atoms with Crippen molar-refractivity contribution in [2.24, 2.45) is 5.92 Å². The van der Waals surface area contributed by atoms with Gasteiger partial charge in [-0.05, 0) is 18.4 Å². The Hall–Kier alpha value is -0.460. The summed E-state index contributed by atoms with van der Waals surface area (Å²) in [5.74, 6) is 2.05. The normalized spacial score (nSPS) is 33.9. The second kappa shape index (κ2) is 1.28. The molecule has 1 unspecified atom stereocenters. The number of rotatable bonds is 0. The van der Waals surface area contributed by atoms with Crippen molar-refractivity contribution in [2.75, 3.05) is 6.61 Å². The van der Waals surface area contributed by atoms with E-state index in [9.17, 15) is 0 Å². The van der Waals surface area contributed by atoms with Gasteiger partial charge >= 0.3 is 0 Å². The van der Waals surface area contributed by atoms with E-state index in [1.54, 1.807) is 5.57 Å². The van der Waals surface area contributed by atoms with Crippen molar-refractivity contribution >= 4 is 0 Å². The van der Waals surface area contributed by atoms with Gasteiger partial charge in [0.1, 0.15) is 5.76 Å². The average molecular weight is 110 g/mol. The topological polar surface area (TPSA) is 9.23 Å². The molecule has 8 heavy (non-hydrogen) atoms. The molecule has 1 aliphatic carbocycles. The predicted octanol–water partition coefficient (Wildman–Crippen LogP) is 1.70. The molecule has 0 aromatic rings. The zero-order valence-electron chi connectivity index (χ0n) is 5.11. The van der Waals surface area contributed by atoms with E-state index in [-0.39, 0.29) is 0 Å². The summed E-state index contributed by atoms with van der Waals surface area (Å²) in [7, 11) is 0. The molecule has 0 amide bonds. The Morgan fingerprint density at radius 1 is 1.50 bits per heavy atom. The fourth-order valence-electron chi connectivity index (χ4n) is 1.09. The summed E-state index contributed by atoms with van der Waals surface area (Å²) in [6.07, 6.45) is 2.61. The molecule has 1 heteroatoms. The smallest absolute Gasteiger partial charge is 0.101 e. The number of allylic oxidation sites excluding steroid dienone is 1.